The Hall–Kier alpha value is -3.36. The minimum atomic E-state index is -5.00. The molecule has 2 amide bonds. The van der Waals surface area contributed by atoms with Crippen LogP contribution < -0.4 is 5.32 Å². The monoisotopic (exact) mass is 570 g/mol. The SMILES string of the molecule is O=C1SC(=Cc2ccc3c(cnn3Cc3ccc(C(F)(F)F)cc3C(F)(F)F)c2)C(=O)N1[C@@H]1CCNC[C@H]1O. The Kier molecular flexibility index (Phi) is 6.97. The first-order valence-corrected chi connectivity index (χ1v) is 12.5. The van der Waals surface area contributed by atoms with Crippen LogP contribution in [0.5, 0.6) is 0 Å². The van der Waals surface area contributed by atoms with Gasteiger partial charge in [-0.25, -0.2) is 0 Å². The van der Waals surface area contributed by atoms with E-state index in [1.54, 1.807) is 18.2 Å². The minimum Gasteiger partial charge on any atom is -0.390 e. The van der Waals surface area contributed by atoms with Gasteiger partial charge in [0, 0.05) is 11.9 Å². The van der Waals surface area contributed by atoms with Gasteiger partial charge in [-0.05, 0) is 66.2 Å². The van der Waals surface area contributed by atoms with Crippen molar-refractivity contribution >= 4 is 39.9 Å². The first-order valence-electron chi connectivity index (χ1n) is 11.7. The number of rotatable bonds is 4. The molecule has 2 N–H and O–H groups in total. The van der Waals surface area contributed by atoms with Crippen LogP contribution >= 0.6 is 11.8 Å². The van der Waals surface area contributed by atoms with Crippen molar-refractivity contribution in [2.45, 2.75) is 37.5 Å². The van der Waals surface area contributed by atoms with Gasteiger partial charge in [-0.3, -0.25) is 19.2 Å². The molecule has 5 rings (SSSR count). The van der Waals surface area contributed by atoms with Crippen LogP contribution in [0.2, 0.25) is 0 Å². The second-order valence-electron chi connectivity index (χ2n) is 9.17. The lowest BCUT2D eigenvalue weighted by Gasteiger charge is -2.33. The molecule has 39 heavy (non-hydrogen) atoms. The van der Waals surface area contributed by atoms with E-state index in [1.165, 1.54) is 17.0 Å². The largest absolute Gasteiger partial charge is 0.416 e. The number of hydrogen-bond donors (Lipinski definition) is 2. The number of benzene rings is 2. The van der Waals surface area contributed by atoms with E-state index in [-0.39, 0.29) is 23.1 Å². The number of carbonyl (C=O) groups excluding carboxylic acids is 2. The van der Waals surface area contributed by atoms with E-state index in [1.807, 2.05) is 0 Å². The third-order valence-corrected chi connectivity index (χ3v) is 7.48. The van der Waals surface area contributed by atoms with E-state index in [0.717, 1.165) is 22.7 Å². The Labute approximate surface area is 221 Å². The van der Waals surface area contributed by atoms with Gasteiger partial charge < -0.3 is 10.4 Å². The van der Waals surface area contributed by atoms with Gasteiger partial charge in [0.25, 0.3) is 11.1 Å². The summed E-state index contributed by atoms with van der Waals surface area (Å²) in [6.07, 6.45) is -7.48. The maximum Gasteiger partial charge on any atom is 0.416 e. The zero-order valence-electron chi connectivity index (χ0n) is 19.9. The minimum absolute atomic E-state index is 0.0923. The van der Waals surface area contributed by atoms with Crippen molar-refractivity contribution in [2.75, 3.05) is 13.1 Å². The van der Waals surface area contributed by atoms with E-state index in [4.69, 9.17) is 0 Å². The highest BCUT2D eigenvalue weighted by Gasteiger charge is 2.43. The van der Waals surface area contributed by atoms with Gasteiger partial charge in [0.15, 0.2) is 0 Å². The Balaban J connectivity index is 1.40. The number of amides is 2. The van der Waals surface area contributed by atoms with E-state index in [9.17, 15) is 41.0 Å². The van der Waals surface area contributed by atoms with Crippen LogP contribution in [-0.2, 0) is 23.7 Å². The fourth-order valence-corrected chi connectivity index (χ4v) is 5.57. The molecule has 3 heterocycles. The molecule has 2 fully saturated rings. The molecule has 0 saturated carbocycles. The molecule has 2 aliphatic heterocycles. The molecule has 0 aliphatic carbocycles. The summed E-state index contributed by atoms with van der Waals surface area (Å²) in [5, 5.41) is 17.3. The lowest BCUT2D eigenvalue weighted by atomic mass is 10.0. The van der Waals surface area contributed by atoms with Crippen LogP contribution in [0.15, 0.2) is 47.5 Å². The highest BCUT2D eigenvalue weighted by atomic mass is 32.2. The summed E-state index contributed by atoms with van der Waals surface area (Å²) >= 11 is 0.751. The molecular weight excluding hydrogens is 550 g/mol. The average Bonchev–Trinajstić information content (AvgIpc) is 3.37. The summed E-state index contributed by atoms with van der Waals surface area (Å²) in [7, 11) is 0. The number of fused-ring (bicyclic) bond motifs is 1. The number of nitrogens with one attached hydrogen (secondary N) is 1. The van der Waals surface area contributed by atoms with Gasteiger partial charge >= 0.3 is 12.4 Å². The van der Waals surface area contributed by atoms with Gasteiger partial charge in [0.1, 0.15) is 0 Å². The first-order chi connectivity index (χ1) is 18.3. The van der Waals surface area contributed by atoms with E-state index in [2.05, 4.69) is 10.4 Å². The maximum atomic E-state index is 13.6. The van der Waals surface area contributed by atoms with E-state index in [0.29, 0.717) is 35.5 Å². The van der Waals surface area contributed by atoms with Crippen molar-refractivity contribution in [3.05, 3.63) is 69.8 Å². The quantitative estimate of drug-likeness (QED) is 0.344. The van der Waals surface area contributed by atoms with E-state index >= 15 is 0 Å². The van der Waals surface area contributed by atoms with Crippen molar-refractivity contribution in [3.63, 3.8) is 0 Å². The van der Waals surface area contributed by atoms with Crippen LogP contribution in [0, 0.1) is 0 Å². The van der Waals surface area contributed by atoms with Gasteiger partial charge in [-0.15, -0.1) is 0 Å². The normalized spacial score (nSPS) is 21.9. The fourth-order valence-electron chi connectivity index (χ4n) is 4.68. The number of nitrogens with zero attached hydrogens (tertiary/aromatic N) is 3. The molecular formula is C25H20F6N4O3S. The Bertz CT molecular complexity index is 1480. The summed E-state index contributed by atoms with van der Waals surface area (Å²) in [5.41, 5.74) is -2.21. The highest BCUT2D eigenvalue weighted by molar-refractivity contribution is 8.18. The van der Waals surface area contributed by atoms with Crippen LogP contribution in [0.1, 0.15) is 28.7 Å². The number of carbonyl (C=O) groups is 2. The zero-order chi connectivity index (χ0) is 28.1. The molecule has 206 valence electrons. The number of aliphatic hydroxyl groups excluding tert-OH is 1. The Morgan fingerprint density at radius 1 is 1.08 bits per heavy atom. The number of β-amino-alcohol motifs (C(OH)–C–C–N with tert-alkyl or cyclic N) is 1. The van der Waals surface area contributed by atoms with Crippen LogP contribution in [-0.4, -0.2) is 56.2 Å². The number of aromatic nitrogens is 2. The molecule has 1 aromatic heterocycles. The summed E-state index contributed by atoms with van der Waals surface area (Å²) < 4.78 is 80.9. The summed E-state index contributed by atoms with van der Waals surface area (Å²) in [4.78, 5) is 26.7. The molecule has 2 atom stereocenters. The number of thioether (sulfide) groups is 1. The van der Waals surface area contributed by atoms with Gasteiger partial charge in [-0.1, -0.05) is 12.1 Å². The first kappa shape index (κ1) is 27.2. The highest BCUT2D eigenvalue weighted by Crippen LogP contribution is 2.38. The number of alkyl halides is 6. The maximum absolute atomic E-state index is 13.6. The predicted molar refractivity (Wildman–Crippen MR) is 130 cm³/mol. The number of halogens is 6. The van der Waals surface area contributed by atoms with Gasteiger partial charge in [0.05, 0.1) is 46.4 Å². The molecule has 7 nitrogen and oxygen atoms in total. The number of imide groups is 1. The molecule has 0 spiro atoms. The second kappa shape index (κ2) is 9.99. The lowest BCUT2D eigenvalue weighted by Crippen LogP contribution is -2.54. The van der Waals surface area contributed by atoms with Crippen molar-refractivity contribution in [1.29, 1.82) is 0 Å². The number of piperidine rings is 1. The lowest BCUT2D eigenvalue weighted by molar-refractivity contribution is -0.143. The van der Waals surface area contributed by atoms with Crippen LogP contribution in [0.4, 0.5) is 31.1 Å². The van der Waals surface area contributed by atoms with Crippen LogP contribution in [0.25, 0.3) is 17.0 Å². The molecule has 14 heteroatoms. The summed E-state index contributed by atoms with van der Waals surface area (Å²) in [5.74, 6) is -0.520. The topological polar surface area (TPSA) is 87.5 Å². The predicted octanol–water partition coefficient (Wildman–Crippen LogP) is 4.88. The number of hydrogen-bond acceptors (Lipinski definition) is 6. The molecule has 3 aromatic rings. The van der Waals surface area contributed by atoms with Crippen molar-refractivity contribution in [1.82, 2.24) is 20.0 Å². The van der Waals surface area contributed by atoms with Crippen molar-refractivity contribution < 1.29 is 41.0 Å². The van der Waals surface area contributed by atoms with Gasteiger partial charge in [-0.2, -0.15) is 31.4 Å². The Morgan fingerprint density at radius 2 is 1.85 bits per heavy atom. The van der Waals surface area contributed by atoms with Gasteiger partial charge in [0.2, 0.25) is 0 Å². The third kappa shape index (κ3) is 5.40. The number of aliphatic hydroxyl groups is 1. The Morgan fingerprint density at radius 3 is 2.54 bits per heavy atom. The summed E-state index contributed by atoms with van der Waals surface area (Å²) in [6, 6.07) is 5.64. The molecule has 2 aliphatic rings. The zero-order valence-corrected chi connectivity index (χ0v) is 20.7. The second-order valence-corrected chi connectivity index (χ2v) is 10.2. The molecule has 0 unspecified atom stereocenters. The summed E-state index contributed by atoms with van der Waals surface area (Å²) in [6.45, 7) is 0.399. The fraction of sp³-hybridized carbons (Fsp3) is 0.320. The third-order valence-electron chi connectivity index (χ3n) is 6.60. The molecule has 2 saturated heterocycles. The smallest absolute Gasteiger partial charge is 0.390 e. The molecule has 2 aromatic carbocycles. The van der Waals surface area contributed by atoms with Crippen molar-refractivity contribution in [2.24, 2.45) is 0 Å². The average molecular weight is 571 g/mol. The molecule has 0 bridgehead atoms. The standard InChI is InChI=1S/C25H20F6N4O3S/c26-24(27,28)16-3-2-14(17(9-16)25(29,30)31)12-34-18-4-1-13(7-15(18)10-33-34)8-21-22(37)35(23(38)39-21)19-5-6-32-11-20(19)36/h1-4,7-10,19-20,32,36H,5-6,11-12H2/t19-,20-/m1/s1. The van der Waals surface area contributed by atoms with E-state index < -0.39 is 53.3 Å². The van der Waals surface area contributed by atoms with Crippen molar-refractivity contribution in [3.8, 4) is 0 Å². The molecule has 0 radical (unpaired) electrons. The van der Waals surface area contributed by atoms with Crippen LogP contribution in [0.3, 0.4) is 0 Å².